The highest BCUT2D eigenvalue weighted by Crippen LogP contribution is 2.26. The quantitative estimate of drug-likeness (QED) is 0.801. The molecule has 16 heavy (non-hydrogen) atoms. The number of hydrogen-bond acceptors (Lipinski definition) is 3. The Bertz CT molecular complexity index is 329. The minimum atomic E-state index is -0.712. The van der Waals surface area contributed by atoms with Gasteiger partial charge in [-0.25, -0.2) is 0 Å². The predicted octanol–water partition coefficient (Wildman–Crippen LogP) is 1.06. The normalized spacial score (nSPS) is 18.8. The highest BCUT2D eigenvalue weighted by atomic mass is 16.4. The van der Waals surface area contributed by atoms with Gasteiger partial charge in [0.2, 0.25) is 0 Å². The van der Waals surface area contributed by atoms with Crippen molar-refractivity contribution in [3.8, 4) is 0 Å². The highest BCUT2D eigenvalue weighted by Gasteiger charge is 2.21. The van der Waals surface area contributed by atoms with E-state index in [0.29, 0.717) is 12.5 Å². The van der Waals surface area contributed by atoms with Gasteiger partial charge in [-0.05, 0) is 32.0 Å². The molecule has 2 N–H and O–H groups in total. The number of rotatable bonds is 4. The summed E-state index contributed by atoms with van der Waals surface area (Å²) >= 11 is 0. The van der Waals surface area contributed by atoms with Gasteiger partial charge in [0.1, 0.15) is 0 Å². The summed E-state index contributed by atoms with van der Waals surface area (Å²) in [5.74, 6) is -0.153. The molecule has 1 saturated heterocycles. The van der Waals surface area contributed by atoms with Crippen molar-refractivity contribution in [1.82, 2.24) is 15.1 Å². The van der Waals surface area contributed by atoms with E-state index < -0.39 is 5.97 Å². The number of aromatic amines is 1. The van der Waals surface area contributed by atoms with Crippen molar-refractivity contribution >= 4 is 5.97 Å². The Labute approximate surface area is 94.5 Å². The summed E-state index contributed by atoms with van der Waals surface area (Å²) < 4.78 is 0. The second-order valence-corrected chi connectivity index (χ2v) is 4.27. The lowest BCUT2D eigenvalue weighted by Crippen LogP contribution is -2.34. The molecule has 5 heteroatoms. The van der Waals surface area contributed by atoms with Crippen molar-refractivity contribution in [2.75, 3.05) is 19.6 Å². The van der Waals surface area contributed by atoms with Crippen LogP contribution in [0.15, 0.2) is 12.3 Å². The molecule has 0 aromatic carbocycles. The maximum atomic E-state index is 10.5. The fourth-order valence-electron chi connectivity index (χ4n) is 2.22. The summed E-state index contributed by atoms with van der Waals surface area (Å²) in [7, 11) is 0. The molecule has 0 bridgehead atoms. The second kappa shape index (κ2) is 5.12. The van der Waals surface area contributed by atoms with Crippen LogP contribution < -0.4 is 0 Å². The van der Waals surface area contributed by atoms with Crippen LogP contribution in [0.4, 0.5) is 0 Å². The van der Waals surface area contributed by atoms with Gasteiger partial charge in [-0.2, -0.15) is 5.10 Å². The first kappa shape index (κ1) is 11.1. The van der Waals surface area contributed by atoms with Crippen molar-refractivity contribution in [2.45, 2.75) is 25.2 Å². The number of carboxylic acids is 1. The molecule has 1 aromatic heterocycles. The van der Waals surface area contributed by atoms with Crippen molar-refractivity contribution in [3.63, 3.8) is 0 Å². The molecule has 0 aliphatic carbocycles. The molecule has 1 aromatic rings. The Balaban J connectivity index is 1.76. The minimum absolute atomic E-state index is 0.245. The summed E-state index contributed by atoms with van der Waals surface area (Å²) in [6, 6.07) is 2.03. The molecule has 0 spiro atoms. The monoisotopic (exact) mass is 223 g/mol. The van der Waals surface area contributed by atoms with Gasteiger partial charge < -0.3 is 10.0 Å². The Morgan fingerprint density at radius 3 is 2.88 bits per heavy atom. The third-order valence-electron chi connectivity index (χ3n) is 3.19. The molecule has 1 fully saturated rings. The molecule has 2 heterocycles. The second-order valence-electron chi connectivity index (χ2n) is 4.27. The molecule has 1 aliphatic heterocycles. The number of piperidine rings is 1. The SMILES string of the molecule is O=C(O)CCN1CCC(c2ccn[nH]2)CC1. The van der Waals surface area contributed by atoms with Crippen molar-refractivity contribution in [3.05, 3.63) is 18.0 Å². The van der Waals surface area contributed by atoms with Crippen molar-refractivity contribution in [2.24, 2.45) is 0 Å². The zero-order valence-electron chi connectivity index (χ0n) is 9.22. The fraction of sp³-hybridized carbons (Fsp3) is 0.636. The number of aromatic nitrogens is 2. The first-order valence-electron chi connectivity index (χ1n) is 5.69. The summed E-state index contributed by atoms with van der Waals surface area (Å²) in [6.45, 7) is 2.64. The summed E-state index contributed by atoms with van der Waals surface area (Å²) in [5, 5.41) is 15.6. The summed E-state index contributed by atoms with van der Waals surface area (Å²) in [5.41, 5.74) is 1.21. The molecule has 1 aliphatic rings. The van der Waals surface area contributed by atoms with Crippen LogP contribution in [-0.2, 0) is 4.79 Å². The van der Waals surface area contributed by atoms with E-state index in [-0.39, 0.29) is 6.42 Å². The number of nitrogens with zero attached hydrogens (tertiary/aromatic N) is 2. The van der Waals surface area contributed by atoms with Gasteiger partial charge in [-0.3, -0.25) is 9.89 Å². The lowest BCUT2D eigenvalue weighted by atomic mass is 9.93. The molecule has 5 nitrogen and oxygen atoms in total. The van der Waals surface area contributed by atoms with Crippen molar-refractivity contribution < 1.29 is 9.90 Å². The van der Waals surface area contributed by atoms with Gasteiger partial charge in [-0.15, -0.1) is 0 Å². The number of hydrogen-bond donors (Lipinski definition) is 2. The number of aliphatic carboxylic acids is 1. The standard InChI is InChI=1S/C11H17N3O2/c15-11(16)4-8-14-6-2-9(3-7-14)10-1-5-12-13-10/h1,5,9H,2-4,6-8H2,(H,12,13)(H,15,16). The molecule has 0 unspecified atom stereocenters. The Kier molecular flexibility index (Phi) is 3.56. The number of nitrogens with one attached hydrogen (secondary N) is 1. The first-order chi connectivity index (χ1) is 7.75. The molecular formula is C11H17N3O2. The maximum Gasteiger partial charge on any atom is 0.304 e. The van der Waals surface area contributed by atoms with E-state index in [2.05, 4.69) is 15.1 Å². The third-order valence-corrected chi connectivity index (χ3v) is 3.19. The van der Waals surface area contributed by atoms with E-state index in [1.54, 1.807) is 6.20 Å². The molecule has 0 saturated carbocycles. The van der Waals surface area contributed by atoms with E-state index >= 15 is 0 Å². The lowest BCUT2D eigenvalue weighted by molar-refractivity contribution is -0.137. The lowest BCUT2D eigenvalue weighted by Gasteiger charge is -2.30. The van der Waals surface area contributed by atoms with Gasteiger partial charge in [0.25, 0.3) is 0 Å². The number of carbonyl (C=O) groups is 1. The van der Waals surface area contributed by atoms with Gasteiger partial charge in [0, 0.05) is 24.4 Å². The molecule has 2 rings (SSSR count). The summed E-state index contributed by atoms with van der Waals surface area (Å²) in [4.78, 5) is 12.7. The number of carboxylic acid groups (broad SMARTS) is 1. The van der Waals surface area contributed by atoms with Crippen LogP contribution in [0.25, 0.3) is 0 Å². The van der Waals surface area contributed by atoms with Gasteiger partial charge in [0.05, 0.1) is 6.42 Å². The van der Waals surface area contributed by atoms with E-state index in [0.717, 1.165) is 25.9 Å². The first-order valence-corrected chi connectivity index (χ1v) is 5.69. The van der Waals surface area contributed by atoms with Crippen LogP contribution in [0.3, 0.4) is 0 Å². The zero-order valence-corrected chi connectivity index (χ0v) is 9.22. The molecular weight excluding hydrogens is 206 g/mol. The van der Waals surface area contributed by atoms with Crippen LogP contribution >= 0.6 is 0 Å². The van der Waals surface area contributed by atoms with Gasteiger partial charge >= 0.3 is 5.97 Å². The van der Waals surface area contributed by atoms with Gasteiger partial charge in [-0.1, -0.05) is 0 Å². The fourth-order valence-corrected chi connectivity index (χ4v) is 2.22. The van der Waals surface area contributed by atoms with Crippen LogP contribution in [-0.4, -0.2) is 45.8 Å². The Hall–Kier alpha value is -1.36. The third kappa shape index (κ3) is 2.82. The van der Waals surface area contributed by atoms with Crippen LogP contribution in [0.5, 0.6) is 0 Å². The largest absolute Gasteiger partial charge is 0.481 e. The average molecular weight is 223 g/mol. The topological polar surface area (TPSA) is 69.2 Å². The van der Waals surface area contributed by atoms with Crippen molar-refractivity contribution in [1.29, 1.82) is 0 Å². The van der Waals surface area contributed by atoms with Crippen LogP contribution in [0, 0.1) is 0 Å². The highest BCUT2D eigenvalue weighted by molar-refractivity contribution is 5.66. The van der Waals surface area contributed by atoms with E-state index in [1.807, 2.05) is 6.07 Å². The van der Waals surface area contributed by atoms with Crippen LogP contribution in [0.2, 0.25) is 0 Å². The summed E-state index contributed by atoms with van der Waals surface area (Å²) in [6.07, 6.45) is 4.20. The predicted molar refractivity (Wildman–Crippen MR) is 59.3 cm³/mol. The Morgan fingerprint density at radius 2 is 2.31 bits per heavy atom. The molecule has 0 amide bonds. The smallest absolute Gasteiger partial charge is 0.304 e. The van der Waals surface area contributed by atoms with E-state index in [1.165, 1.54) is 5.69 Å². The van der Waals surface area contributed by atoms with E-state index in [4.69, 9.17) is 5.11 Å². The minimum Gasteiger partial charge on any atom is -0.481 e. The molecule has 0 atom stereocenters. The maximum absolute atomic E-state index is 10.5. The van der Waals surface area contributed by atoms with Crippen LogP contribution in [0.1, 0.15) is 30.9 Å². The average Bonchev–Trinajstić information content (AvgIpc) is 2.80. The zero-order chi connectivity index (χ0) is 11.4. The van der Waals surface area contributed by atoms with Gasteiger partial charge in [0.15, 0.2) is 0 Å². The Morgan fingerprint density at radius 1 is 1.56 bits per heavy atom. The number of H-pyrrole nitrogens is 1. The number of likely N-dealkylation sites (tertiary alicyclic amines) is 1. The molecule has 0 radical (unpaired) electrons. The molecule has 88 valence electrons. The van der Waals surface area contributed by atoms with E-state index in [9.17, 15) is 4.79 Å².